The van der Waals surface area contributed by atoms with Crippen molar-refractivity contribution in [2.45, 2.75) is 19.4 Å². The smallest absolute Gasteiger partial charge is 0.308 e. The molecule has 10 nitrogen and oxygen atoms in total. The van der Waals surface area contributed by atoms with Crippen molar-refractivity contribution < 1.29 is 28.9 Å². The number of anilines is 1. The predicted molar refractivity (Wildman–Crippen MR) is 117 cm³/mol. The highest BCUT2D eigenvalue weighted by Crippen LogP contribution is 2.62. The maximum Gasteiger partial charge on any atom is 0.308 e. The highest BCUT2D eigenvalue weighted by molar-refractivity contribution is 6.23. The normalized spacial score (nSPS) is 30.6. The van der Waals surface area contributed by atoms with E-state index >= 15 is 0 Å². The van der Waals surface area contributed by atoms with E-state index in [0.29, 0.717) is 29.1 Å². The van der Waals surface area contributed by atoms with Crippen LogP contribution in [0, 0.1) is 39.7 Å². The first-order valence-electron chi connectivity index (χ1n) is 11.0. The Morgan fingerprint density at radius 2 is 1.79 bits per heavy atom. The number of carbonyl (C=O) groups is 3. The van der Waals surface area contributed by atoms with E-state index in [-0.39, 0.29) is 41.4 Å². The zero-order valence-electron chi connectivity index (χ0n) is 18.0. The van der Waals surface area contributed by atoms with Gasteiger partial charge in [0.05, 0.1) is 28.2 Å². The first kappa shape index (κ1) is 20.5. The lowest BCUT2D eigenvalue weighted by atomic mass is 9.71. The summed E-state index contributed by atoms with van der Waals surface area (Å²) < 4.78 is 5.03. The number of esters is 1. The van der Waals surface area contributed by atoms with Gasteiger partial charge in [0.1, 0.15) is 11.9 Å². The van der Waals surface area contributed by atoms with Crippen molar-refractivity contribution in [3.8, 4) is 5.75 Å². The number of benzene rings is 2. The molecule has 34 heavy (non-hydrogen) atoms. The van der Waals surface area contributed by atoms with Gasteiger partial charge in [-0.15, -0.1) is 0 Å². The van der Waals surface area contributed by atoms with Gasteiger partial charge in [-0.05, 0) is 36.6 Å². The number of nitro benzene ring substituents is 1. The number of hydrogen-bond acceptors (Lipinski definition) is 8. The molecule has 2 aliphatic heterocycles. The third kappa shape index (κ3) is 2.81. The molecule has 0 N–H and O–H groups in total. The summed E-state index contributed by atoms with van der Waals surface area (Å²) in [4.78, 5) is 55.7. The lowest BCUT2D eigenvalue weighted by Gasteiger charge is -2.29. The molecule has 6 atom stereocenters. The van der Waals surface area contributed by atoms with E-state index in [9.17, 15) is 24.5 Å². The largest absolute Gasteiger partial charge is 0.427 e. The molecule has 2 amide bonds. The molecular weight excluding hydrogens is 442 g/mol. The topological polar surface area (TPSA) is 128 Å². The number of imide groups is 1. The molecular formula is C24H19N3O7. The number of nitro groups is 1. The van der Waals surface area contributed by atoms with E-state index in [4.69, 9.17) is 9.57 Å². The number of non-ortho nitro benzene ring substituents is 1. The molecule has 0 radical (unpaired) electrons. The second-order valence-electron chi connectivity index (χ2n) is 9.09. The zero-order chi connectivity index (χ0) is 23.7. The van der Waals surface area contributed by atoms with Crippen molar-refractivity contribution >= 4 is 34.9 Å². The number of nitrogens with zero attached hydrogens (tertiary/aromatic N) is 3. The summed E-state index contributed by atoms with van der Waals surface area (Å²) in [6.07, 6.45) is 0.346. The molecule has 6 rings (SSSR count). The Bertz CT molecular complexity index is 1290. The van der Waals surface area contributed by atoms with Crippen LogP contribution < -0.4 is 9.64 Å². The lowest BCUT2D eigenvalue weighted by molar-refractivity contribution is -0.384. The first-order chi connectivity index (χ1) is 16.3. The van der Waals surface area contributed by atoms with Crippen molar-refractivity contribution in [3.63, 3.8) is 0 Å². The molecule has 1 saturated heterocycles. The molecule has 0 spiro atoms. The average molecular weight is 461 g/mol. The Balaban J connectivity index is 1.29. The molecule has 10 heteroatoms. The van der Waals surface area contributed by atoms with Crippen molar-refractivity contribution in [2.24, 2.45) is 34.7 Å². The molecule has 2 aromatic rings. The van der Waals surface area contributed by atoms with Crippen LogP contribution >= 0.6 is 0 Å². The second kappa shape index (κ2) is 7.21. The van der Waals surface area contributed by atoms with Gasteiger partial charge in [-0.2, -0.15) is 0 Å². The minimum atomic E-state index is -0.488. The molecule has 2 bridgehead atoms. The van der Waals surface area contributed by atoms with E-state index in [1.54, 1.807) is 36.4 Å². The van der Waals surface area contributed by atoms with E-state index in [2.05, 4.69) is 5.16 Å². The zero-order valence-corrected chi connectivity index (χ0v) is 18.0. The van der Waals surface area contributed by atoms with Crippen LogP contribution in [0.4, 0.5) is 11.4 Å². The quantitative estimate of drug-likeness (QED) is 0.225. The molecule has 2 heterocycles. The molecule has 3 fully saturated rings. The summed E-state index contributed by atoms with van der Waals surface area (Å²) >= 11 is 0. The minimum Gasteiger partial charge on any atom is -0.427 e. The van der Waals surface area contributed by atoms with E-state index in [1.165, 1.54) is 24.0 Å². The van der Waals surface area contributed by atoms with E-state index in [0.717, 1.165) is 0 Å². The van der Waals surface area contributed by atoms with Crippen LogP contribution in [0.3, 0.4) is 0 Å². The third-order valence-electron chi connectivity index (χ3n) is 7.40. The fourth-order valence-electron chi connectivity index (χ4n) is 6.23. The van der Waals surface area contributed by atoms with Crippen molar-refractivity contribution in [3.05, 3.63) is 64.2 Å². The summed E-state index contributed by atoms with van der Waals surface area (Å²) in [5, 5.41) is 15.5. The summed E-state index contributed by atoms with van der Waals surface area (Å²) in [6.45, 7) is 1.29. The summed E-state index contributed by atoms with van der Waals surface area (Å²) in [5.74, 6) is -2.10. The fourth-order valence-corrected chi connectivity index (χ4v) is 6.23. The third-order valence-corrected chi connectivity index (χ3v) is 7.40. The van der Waals surface area contributed by atoms with Crippen LogP contribution in [0.15, 0.2) is 53.7 Å². The van der Waals surface area contributed by atoms with E-state index < -0.39 is 22.7 Å². The number of carbonyl (C=O) groups excluding carboxylic acids is 3. The van der Waals surface area contributed by atoms with Crippen LogP contribution in [0.2, 0.25) is 0 Å². The highest BCUT2D eigenvalue weighted by atomic mass is 16.6. The Labute approximate surface area is 193 Å². The maximum absolute atomic E-state index is 13.5. The Morgan fingerprint density at radius 3 is 2.47 bits per heavy atom. The van der Waals surface area contributed by atoms with Crippen molar-refractivity contribution in [2.75, 3.05) is 4.90 Å². The van der Waals surface area contributed by atoms with Gasteiger partial charge in [0.2, 0.25) is 11.8 Å². The highest BCUT2D eigenvalue weighted by Gasteiger charge is 2.70. The van der Waals surface area contributed by atoms with Crippen molar-refractivity contribution in [1.29, 1.82) is 0 Å². The van der Waals surface area contributed by atoms with Gasteiger partial charge >= 0.3 is 5.97 Å². The maximum atomic E-state index is 13.5. The molecule has 2 aromatic carbocycles. The van der Waals surface area contributed by atoms with Crippen LogP contribution in [0.25, 0.3) is 0 Å². The predicted octanol–water partition coefficient (Wildman–Crippen LogP) is 2.69. The molecule has 0 aromatic heterocycles. The minimum absolute atomic E-state index is 0.0415. The van der Waals surface area contributed by atoms with Gasteiger partial charge in [0, 0.05) is 36.5 Å². The molecule has 2 aliphatic carbocycles. The molecule has 6 unspecified atom stereocenters. The van der Waals surface area contributed by atoms with Gasteiger partial charge in [0.25, 0.3) is 5.69 Å². The molecule has 2 saturated carbocycles. The van der Waals surface area contributed by atoms with Crippen LogP contribution in [-0.4, -0.2) is 34.5 Å². The van der Waals surface area contributed by atoms with Crippen LogP contribution in [0.5, 0.6) is 5.75 Å². The Kier molecular flexibility index (Phi) is 4.35. The first-order valence-corrected chi connectivity index (χ1v) is 11.0. The SMILES string of the molecule is CC(=O)Oc1ccc(N2C(=O)C3C4CC(C5C(c6cccc([N+](=O)[O-])c6)=NOC45)C3C2=O)cc1. The monoisotopic (exact) mass is 461 g/mol. The molecule has 172 valence electrons. The van der Waals surface area contributed by atoms with Gasteiger partial charge in [-0.25, -0.2) is 0 Å². The Hall–Kier alpha value is -4.08. The second-order valence-corrected chi connectivity index (χ2v) is 9.09. The standard InChI is InChI=1S/C24H19N3O7/c1-11(28)33-15-7-5-13(6-8-15)26-23(29)18-16-10-17(19(18)24(26)30)22-20(16)21(25-34-22)12-3-2-4-14(9-12)27(31)32/h2-9,16-20,22H,10H2,1H3. The molecule has 4 aliphatic rings. The number of amides is 2. The number of oxime groups is 1. The van der Waals surface area contributed by atoms with Gasteiger partial charge in [0.15, 0.2) is 0 Å². The summed E-state index contributed by atoms with van der Waals surface area (Å²) in [7, 11) is 0. The van der Waals surface area contributed by atoms with E-state index in [1.807, 2.05) is 0 Å². The number of hydrogen-bond donors (Lipinski definition) is 0. The Morgan fingerprint density at radius 1 is 1.09 bits per heavy atom. The fraction of sp³-hybridized carbons (Fsp3) is 0.333. The van der Waals surface area contributed by atoms with Gasteiger partial charge in [-0.3, -0.25) is 29.4 Å². The summed E-state index contributed by atoms with van der Waals surface area (Å²) in [6, 6.07) is 12.5. The summed E-state index contributed by atoms with van der Waals surface area (Å²) in [5.41, 5.74) is 1.59. The number of fused-ring (bicyclic) bond motifs is 8. The van der Waals surface area contributed by atoms with Crippen LogP contribution in [0.1, 0.15) is 18.9 Å². The number of ether oxygens (including phenoxy) is 1. The lowest BCUT2D eigenvalue weighted by Crippen LogP contribution is -2.41. The van der Waals surface area contributed by atoms with Gasteiger partial charge < -0.3 is 9.57 Å². The number of rotatable bonds is 4. The van der Waals surface area contributed by atoms with Crippen LogP contribution in [-0.2, 0) is 19.2 Å². The van der Waals surface area contributed by atoms with Gasteiger partial charge in [-0.1, -0.05) is 17.3 Å². The van der Waals surface area contributed by atoms with Crippen molar-refractivity contribution in [1.82, 2.24) is 0 Å². The average Bonchev–Trinajstić information content (AvgIpc) is 3.54.